The van der Waals surface area contributed by atoms with Gasteiger partial charge in [0.25, 0.3) is 5.91 Å². The number of hydrogen-bond donors (Lipinski definition) is 1. The highest BCUT2D eigenvalue weighted by molar-refractivity contribution is 7.89. The number of hydrogen-bond acceptors (Lipinski definition) is 3. The molecule has 150 valence electrons. The summed E-state index contributed by atoms with van der Waals surface area (Å²) in [6.45, 7) is 0.990. The molecule has 0 spiro atoms. The predicted molar refractivity (Wildman–Crippen MR) is 98.4 cm³/mol. The van der Waals surface area contributed by atoms with Crippen LogP contribution in [0.3, 0.4) is 0 Å². The van der Waals surface area contributed by atoms with E-state index in [4.69, 9.17) is 0 Å². The average Bonchev–Trinajstić information content (AvgIpc) is 2.68. The molecule has 1 aliphatic rings. The van der Waals surface area contributed by atoms with Gasteiger partial charge in [0.1, 0.15) is 0 Å². The van der Waals surface area contributed by atoms with E-state index in [1.165, 1.54) is 28.6 Å². The van der Waals surface area contributed by atoms with Crippen LogP contribution in [-0.4, -0.2) is 31.7 Å². The van der Waals surface area contributed by atoms with Gasteiger partial charge in [-0.2, -0.15) is 17.5 Å². The number of benzene rings is 2. The Hall–Kier alpha value is -2.39. The number of nitrogens with one attached hydrogen (secondary N) is 1. The van der Waals surface area contributed by atoms with E-state index in [0.29, 0.717) is 18.8 Å². The second kappa shape index (κ2) is 7.92. The van der Waals surface area contributed by atoms with Crippen molar-refractivity contribution in [2.75, 3.05) is 18.4 Å². The lowest BCUT2D eigenvalue weighted by atomic mass is 10.1. The van der Waals surface area contributed by atoms with Crippen molar-refractivity contribution in [3.63, 3.8) is 0 Å². The minimum Gasteiger partial charge on any atom is -0.322 e. The number of anilines is 1. The number of rotatable bonds is 4. The molecular weight excluding hydrogens is 393 g/mol. The fourth-order valence-corrected chi connectivity index (χ4v) is 4.50. The van der Waals surface area contributed by atoms with Crippen molar-refractivity contribution in [1.29, 1.82) is 0 Å². The van der Waals surface area contributed by atoms with E-state index in [1.807, 2.05) is 0 Å². The molecule has 28 heavy (non-hydrogen) atoms. The second-order valence-electron chi connectivity index (χ2n) is 6.52. The van der Waals surface area contributed by atoms with Crippen molar-refractivity contribution in [3.05, 3.63) is 59.7 Å². The molecule has 1 fully saturated rings. The minimum absolute atomic E-state index is 0.0676. The maximum Gasteiger partial charge on any atom is 0.416 e. The SMILES string of the molecule is O=C(Nc1ccc(S(=O)(=O)N2CCCCC2)cc1)c1ccc(C(F)(F)F)cc1. The molecule has 0 aliphatic carbocycles. The molecule has 2 aromatic carbocycles. The third-order valence-electron chi connectivity index (χ3n) is 4.54. The first-order valence-electron chi connectivity index (χ1n) is 8.77. The minimum atomic E-state index is -4.47. The van der Waals surface area contributed by atoms with Gasteiger partial charge in [-0.05, 0) is 61.4 Å². The van der Waals surface area contributed by atoms with E-state index >= 15 is 0 Å². The Morgan fingerprint density at radius 2 is 1.46 bits per heavy atom. The molecule has 3 rings (SSSR count). The number of halogens is 3. The molecule has 2 aromatic rings. The summed E-state index contributed by atoms with van der Waals surface area (Å²) in [6.07, 6.45) is -1.79. The summed E-state index contributed by atoms with van der Waals surface area (Å²) >= 11 is 0. The Morgan fingerprint density at radius 1 is 0.893 bits per heavy atom. The molecule has 9 heteroatoms. The van der Waals surface area contributed by atoms with E-state index < -0.39 is 27.7 Å². The molecule has 0 saturated carbocycles. The van der Waals surface area contributed by atoms with Gasteiger partial charge in [0, 0.05) is 24.3 Å². The highest BCUT2D eigenvalue weighted by Crippen LogP contribution is 2.29. The average molecular weight is 412 g/mol. The first-order chi connectivity index (χ1) is 13.2. The van der Waals surface area contributed by atoms with Gasteiger partial charge in [0.05, 0.1) is 10.5 Å². The molecule has 1 heterocycles. The lowest BCUT2D eigenvalue weighted by Crippen LogP contribution is -2.35. The zero-order chi connectivity index (χ0) is 20.4. The molecule has 5 nitrogen and oxygen atoms in total. The highest BCUT2D eigenvalue weighted by atomic mass is 32.2. The van der Waals surface area contributed by atoms with Crippen molar-refractivity contribution < 1.29 is 26.4 Å². The summed E-state index contributed by atoms with van der Waals surface area (Å²) in [7, 11) is -3.56. The van der Waals surface area contributed by atoms with Gasteiger partial charge in [-0.15, -0.1) is 0 Å². The summed E-state index contributed by atoms with van der Waals surface area (Å²) in [5.41, 5.74) is -0.420. The van der Waals surface area contributed by atoms with E-state index in [2.05, 4.69) is 5.32 Å². The molecule has 0 bridgehead atoms. The second-order valence-corrected chi connectivity index (χ2v) is 8.46. The lowest BCUT2D eigenvalue weighted by molar-refractivity contribution is -0.137. The molecule has 1 N–H and O–H groups in total. The predicted octanol–water partition coefficient (Wildman–Crippen LogP) is 4.13. The first-order valence-corrected chi connectivity index (χ1v) is 10.2. The normalized spacial score (nSPS) is 16.0. The van der Waals surface area contributed by atoms with Gasteiger partial charge < -0.3 is 5.32 Å². The Bertz CT molecular complexity index is 934. The molecular formula is C19H19F3N2O3S. The Morgan fingerprint density at radius 3 is 2.00 bits per heavy atom. The largest absolute Gasteiger partial charge is 0.416 e. The van der Waals surface area contributed by atoms with Crippen LogP contribution in [0.2, 0.25) is 0 Å². The Labute approximate surface area is 161 Å². The van der Waals surface area contributed by atoms with Crippen LogP contribution in [0.5, 0.6) is 0 Å². The molecule has 1 aliphatic heterocycles. The third-order valence-corrected chi connectivity index (χ3v) is 6.45. The van der Waals surface area contributed by atoms with Gasteiger partial charge in [0.2, 0.25) is 10.0 Å². The van der Waals surface area contributed by atoms with Crippen LogP contribution in [0.1, 0.15) is 35.2 Å². The fraction of sp³-hybridized carbons (Fsp3) is 0.316. The van der Waals surface area contributed by atoms with Crippen molar-refractivity contribution >= 4 is 21.6 Å². The molecule has 1 saturated heterocycles. The van der Waals surface area contributed by atoms with Gasteiger partial charge in [-0.25, -0.2) is 8.42 Å². The van der Waals surface area contributed by atoms with Crippen LogP contribution >= 0.6 is 0 Å². The summed E-state index contributed by atoms with van der Waals surface area (Å²) in [5, 5.41) is 2.55. The van der Waals surface area contributed by atoms with Crippen LogP contribution in [0, 0.1) is 0 Å². The number of amides is 1. The van der Waals surface area contributed by atoms with Crippen LogP contribution in [0.15, 0.2) is 53.4 Å². The lowest BCUT2D eigenvalue weighted by Gasteiger charge is -2.25. The first kappa shape index (κ1) is 20.3. The molecule has 1 amide bonds. The summed E-state index contributed by atoms with van der Waals surface area (Å²) < 4.78 is 64.4. The van der Waals surface area contributed by atoms with Gasteiger partial charge in [-0.1, -0.05) is 6.42 Å². The van der Waals surface area contributed by atoms with E-state index in [1.54, 1.807) is 0 Å². The molecule has 0 atom stereocenters. The van der Waals surface area contributed by atoms with Crippen LogP contribution < -0.4 is 5.32 Å². The highest BCUT2D eigenvalue weighted by Gasteiger charge is 2.30. The Balaban J connectivity index is 1.69. The standard InChI is InChI=1S/C19H19F3N2O3S/c20-19(21,22)15-6-4-14(5-7-15)18(25)23-16-8-10-17(11-9-16)28(26,27)24-12-2-1-3-13-24/h4-11H,1-3,12-13H2,(H,23,25). The maximum absolute atomic E-state index is 12.6. The van der Waals surface area contributed by atoms with Crippen molar-refractivity contribution in [2.45, 2.75) is 30.3 Å². The zero-order valence-corrected chi connectivity index (χ0v) is 15.7. The van der Waals surface area contributed by atoms with Gasteiger partial charge in [-0.3, -0.25) is 4.79 Å². The summed E-state index contributed by atoms with van der Waals surface area (Å²) in [5.74, 6) is -0.583. The number of carbonyl (C=O) groups excluding carboxylic acids is 1. The van der Waals surface area contributed by atoms with Crippen molar-refractivity contribution in [1.82, 2.24) is 4.31 Å². The monoisotopic (exact) mass is 412 g/mol. The Kier molecular flexibility index (Phi) is 5.76. The van der Waals surface area contributed by atoms with Crippen LogP contribution in [0.25, 0.3) is 0 Å². The van der Waals surface area contributed by atoms with E-state index in [0.717, 1.165) is 43.5 Å². The fourth-order valence-electron chi connectivity index (χ4n) is 2.98. The summed E-state index contributed by atoms with van der Waals surface area (Å²) in [4.78, 5) is 12.3. The zero-order valence-electron chi connectivity index (χ0n) is 14.9. The van der Waals surface area contributed by atoms with E-state index in [-0.39, 0.29) is 10.5 Å². The quantitative estimate of drug-likeness (QED) is 0.821. The maximum atomic E-state index is 12.6. The number of alkyl halides is 3. The number of piperidine rings is 1. The van der Waals surface area contributed by atoms with E-state index in [9.17, 15) is 26.4 Å². The van der Waals surface area contributed by atoms with Crippen molar-refractivity contribution in [3.8, 4) is 0 Å². The number of sulfonamides is 1. The smallest absolute Gasteiger partial charge is 0.322 e. The molecule has 0 unspecified atom stereocenters. The summed E-state index contributed by atoms with van der Waals surface area (Å²) in [6, 6.07) is 9.59. The van der Waals surface area contributed by atoms with Crippen LogP contribution in [-0.2, 0) is 16.2 Å². The number of carbonyl (C=O) groups is 1. The van der Waals surface area contributed by atoms with Crippen LogP contribution in [0.4, 0.5) is 18.9 Å². The van der Waals surface area contributed by atoms with Crippen molar-refractivity contribution in [2.24, 2.45) is 0 Å². The third kappa shape index (κ3) is 4.53. The molecule has 0 radical (unpaired) electrons. The topological polar surface area (TPSA) is 66.5 Å². The van der Waals surface area contributed by atoms with Gasteiger partial charge >= 0.3 is 6.18 Å². The van der Waals surface area contributed by atoms with Gasteiger partial charge in [0.15, 0.2) is 0 Å². The molecule has 0 aromatic heterocycles. The number of nitrogens with zero attached hydrogens (tertiary/aromatic N) is 1.